The zero-order valence-electron chi connectivity index (χ0n) is 12.6. The van der Waals surface area contributed by atoms with Gasteiger partial charge in [0.25, 0.3) is 0 Å². The topological polar surface area (TPSA) is 21.3 Å². The number of aryl methyl sites for hydroxylation is 1. The summed E-state index contributed by atoms with van der Waals surface area (Å²) in [5, 5.41) is 3.63. The van der Waals surface area contributed by atoms with Gasteiger partial charge >= 0.3 is 0 Å². The minimum Gasteiger partial charge on any atom is -0.493 e. The molecule has 0 saturated carbocycles. The van der Waals surface area contributed by atoms with Crippen molar-refractivity contribution in [3.8, 4) is 5.75 Å². The molecule has 0 bridgehead atoms. The van der Waals surface area contributed by atoms with Gasteiger partial charge in [-0.25, -0.2) is 0 Å². The Bertz CT molecular complexity index is 594. The van der Waals surface area contributed by atoms with Crippen molar-refractivity contribution < 1.29 is 4.74 Å². The van der Waals surface area contributed by atoms with Crippen LogP contribution in [0.5, 0.6) is 5.75 Å². The highest BCUT2D eigenvalue weighted by atomic mass is 16.5. The highest BCUT2D eigenvalue weighted by Gasteiger charge is 2.20. The second kappa shape index (κ2) is 6.77. The number of rotatable bonds is 5. The molecule has 2 nitrogen and oxygen atoms in total. The van der Waals surface area contributed by atoms with Crippen LogP contribution >= 0.6 is 0 Å². The molecule has 1 unspecified atom stereocenters. The Kier molecular flexibility index (Phi) is 4.56. The van der Waals surface area contributed by atoms with Gasteiger partial charge < -0.3 is 10.1 Å². The van der Waals surface area contributed by atoms with E-state index in [1.54, 1.807) is 0 Å². The average molecular weight is 281 g/mol. The number of hydrogen-bond acceptors (Lipinski definition) is 2. The lowest BCUT2D eigenvalue weighted by Crippen LogP contribution is -2.26. The first-order chi connectivity index (χ1) is 10.4. The molecule has 1 N–H and O–H groups in total. The lowest BCUT2D eigenvalue weighted by atomic mass is 9.93. The van der Waals surface area contributed by atoms with E-state index in [1.165, 1.54) is 16.7 Å². The van der Waals surface area contributed by atoms with Crippen LogP contribution in [-0.4, -0.2) is 13.2 Å². The molecule has 0 spiro atoms. The lowest BCUT2D eigenvalue weighted by Gasteiger charge is -2.26. The third-order valence-corrected chi connectivity index (χ3v) is 4.29. The Morgan fingerprint density at radius 1 is 1.05 bits per heavy atom. The number of benzene rings is 2. The van der Waals surface area contributed by atoms with Crippen molar-refractivity contribution in [3.63, 3.8) is 0 Å². The fourth-order valence-corrected chi connectivity index (χ4v) is 3.08. The average Bonchev–Trinajstić information content (AvgIpc) is 2.55. The summed E-state index contributed by atoms with van der Waals surface area (Å²) in [5.41, 5.74) is 4.21. The summed E-state index contributed by atoms with van der Waals surface area (Å²) < 4.78 is 5.73. The summed E-state index contributed by atoms with van der Waals surface area (Å²) in [6.07, 6.45) is 2.19. The van der Waals surface area contributed by atoms with Gasteiger partial charge in [-0.1, -0.05) is 49.4 Å². The Hall–Kier alpha value is -1.80. The summed E-state index contributed by atoms with van der Waals surface area (Å²) >= 11 is 0. The minimum atomic E-state index is 0.559. The van der Waals surface area contributed by atoms with Crippen molar-refractivity contribution >= 4 is 0 Å². The molecule has 21 heavy (non-hydrogen) atoms. The number of para-hydroxylation sites is 1. The number of ether oxygens (including phenoxy) is 1. The van der Waals surface area contributed by atoms with Gasteiger partial charge in [-0.3, -0.25) is 0 Å². The predicted octanol–water partition coefficient (Wildman–Crippen LogP) is 3.90. The van der Waals surface area contributed by atoms with Gasteiger partial charge in [-0.15, -0.1) is 0 Å². The van der Waals surface area contributed by atoms with E-state index in [4.69, 9.17) is 4.74 Å². The van der Waals surface area contributed by atoms with Gasteiger partial charge in [0.05, 0.1) is 6.61 Å². The van der Waals surface area contributed by atoms with E-state index in [1.807, 2.05) is 6.07 Å². The first-order valence-corrected chi connectivity index (χ1v) is 7.87. The first-order valence-electron chi connectivity index (χ1n) is 7.87. The van der Waals surface area contributed by atoms with Gasteiger partial charge in [-0.2, -0.15) is 0 Å². The third kappa shape index (κ3) is 3.27. The molecular formula is C19H23NO. The van der Waals surface area contributed by atoms with Crippen LogP contribution < -0.4 is 10.1 Å². The molecule has 1 atom stereocenters. The van der Waals surface area contributed by atoms with E-state index in [9.17, 15) is 0 Å². The first kappa shape index (κ1) is 14.2. The molecule has 0 aromatic heterocycles. The summed E-state index contributed by atoms with van der Waals surface area (Å²) in [4.78, 5) is 0. The Labute approximate surface area is 127 Å². The van der Waals surface area contributed by atoms with Gasteiger partial charge in [0.1, 0.15) is 5.75 Å². The summed E-state index contributed by atoms with van der Waals surface area (Å²) in [6, 6.07) is 17.1. The molecule has 110 valence electrons. The quantitative estimate of drug-likeness (QED) is 0.897. The standard InChI is InChI=1S/C19H23NO/c1-2-15-7-3-4-8-16(15)13-20-14-17-11-12-21-19-10-6-5-9-18(17)19/h3-10,17,20H,2,11-14H2,1H3. The number of fused-ring (bicyclic) bond motifs is 1. The highest BCUT2D eigenvalue weighted by Crippen LogP contribution is 2.32. The van der Waals surface area contributed by atoms with Crippen molar-refractivity contribution in [2.24, 2.45) is 0 Å². The monoisotopic (exact) mass is 281 g/mol. The van der Waals surface area contributed by atoms with Crippen LogP contribution in [0.3, 0.4) is 0 Å². The molecule has 3 rings (SSSR count). The normalized spacial score (nSPS) is 17.1. The Morgan fingerprint density at radius 2 is 1.81 bits per heavy atom. The Morgan fingerprint density at radius 3 is 2.67 bits per heavy atom. The molecular weight excluding hydrogens is 258 g/mol. The molecule has 1 aliphatic rings. The lowest BCUT2D eigenvalue weighted by molar-refractivity contribution is 0.264. The molecule has 0 aliphatic carbocycles. The van der Waals surface area contributed by atoms with Crippen LogP contribution in [0.1, 0.15) is 36.0 Å². The number of hydrogen-bond donors (Lipinski definition) is 1. The van der Waals surface area contributed by atoms with Crippen LogP contribution in [-0.2, 0) is 13.0 Å². The maximum atomic E-state index is 5.73. The van der Waals surface area contributed by atoms with Crippen molar-refractivity contribution in [3.05, 3.63) is 65.2 Å². The van der Waals surface area contributed by atoms with Gasteiger partial charge in [0.2, 0.25) is 0 Å². The van der Waals surface area contributed by atoms with Gasteiger partial charge in [0, 0.05) is 19.0 Å². The molecule has 0 saturated heterocycles. The summed E-state index contributed by atoms with van der Waals surface area (Å²) in [6.45, 7) is 5.00. The smallest absolute Gasteiger partial charge is 0.122 e. The zero-order chi connectivity index (χ0) is 14.5. The fourth-order valence-electron chi connectivity index (χ4n) is 3.08. The number of nitrogens with one attached hydrogen (secondary N) is 1. The summed E-state index contributed by atoms with van der Waals surface area (Å²) in [5.74, 6) is 1.62. The van der Waals surface area contributed by atoms with E-state index in [0.717, 1.165) is 38.3 Å². The van der Waals surface area contributed by atoms with E-state index < -0.39 is 0 Å². The maximum Gasteiger partial charge on any atom is 0.122 e. The van der Waals surface area contributed by atoms with Crippen LogP contribution in [0.2, 0.25) is 0 Å². The van der Waals surface area contributed by atoms with E-state index >= 15 is 0 Å². The third-order valence-electron chi connectivity index (χ3n) is 4.29. The van der Waals surface area contributed by atoms with Crippen LogP contribution in [0.25, 0.3) is 0 Å². The molecule has 1 heterocycles. The molecule has 0 fully saturated rings. The van der Waals surface area contributed by atoms with E-state index in [2.05, 4.69) is 54.7 Å². The predicted molar refractivity (Wildman–Crippen MR) is 86.8 cm³/mol. The maximum absolute atomic E-state index is 5.73. The molecule has 2 heteroatoms. The van der Waals surface area contributed by atoms with E-state index in [-0.39, 0.29) is 0 Å². The van der Waals surface area contributed by atoms with Crippen molar-refractivity contribution in [1.82, 2.24) is 5.32 Å². The van der Waals surface area contributed by atoms with Crippen molar-refractivity contribution in [2.75, 3.05) is 13.2 Å². The zero-order valence-corrected chi connectivity index (χ0v) is 12.6. The van der Waals surface area contributed by atoms with Crippen LogP contribution in [0, 0.1) is 0 Å². The molecule has 2 aromatic rings. The van der Waals surface area contributed by atoms with Crippen LogP contribution in [0.4, 0.5) is 0 Å². The molecule has 2 aromatic carbocycles. The largest absolute Gasteiger partial charge is 0.493 e. The second-order valence-electron chi connectivity index (χ2n) is 5.63. The molecule has 0 amide bonds. The van der Waals surface area contributed by atoms with E-state index in [0.29, 0.717) is 5.92 Å². The van der Waals surface area contributed by atoms with Crippen molar-refractivity contribution in [1.29, 1.82) is 0 Å². The molecule has 0 radical (unpaired) electrons. The summed E-state index contributed by atoms with van der Waals surface area (Å²) in [7, 11) is 0. The highest BCUT2D eigenvalue weighted by molar-refractivity contribution is 5.38. The second-order valence-corrected chi connectivity index (χ2v) is 5.63. The SMILES string of the molecule is CCc1ccccc1CNCC1CCOc2ccccc21. The Balaban J connectivity index is 1.61. The molecule has 1 aliphatic heterocycles. The van der Waals surface area contributed by atoms with Gasteiger partial charge in [0.15, 0.2) is 0 Å². The minimum absolute atomic E-state index is 0.559. The van der Waals surface area contributed by atoms with Crippen LogP contribution in [0.15, 0.2) is 48.5 Å². The van der Waals surface area contributed by atoms with Crippen molar-refractivity contribution in [2.45, 2.75) is 32.2 Å². The van der Waals surface area contributed by atoms with Gasteiger partial charge in [-0.05, 0) is 35.6 Å². The fraction of sp³-hybridized carbons (Fsp3) is 0.368.